The van der Waals surface area contributed by atoms with E-state index >= 15 is 0 Å². The van der Waals surface area contributed by atoms with Gasteiger partial charge in [-0.25, -0.2) is 19.3 Å². The third kappa shape index (κ3) is 5.13. The lowest BCUT2D eigenvalue weighted by Gasteiger charge is -2.13. The number of benzene rings is 2. The van der Waals surface area contributed by atoms with E-state index in [1.165, 1.54) is 29.8 Å². The molecule has 0 saturated heterocycles. The second kappa shape index (κ2) is 9.40. The van der Waals surface area contributed by atoms with Gasteiger partial charge in [-0.05, 0) is 42.2 Å². The largest absolute Gasteiger partial charge is 0.451 e. The number of nitrogens with zero attached hydrogens (tertiary/aromatic N) is 4. The zero-order valence-electron chi connectivity index (χ0n) is 19.3. The van der Waals surface area contributed by atoms with E-state index < -0.39 is 17.8 Å². The molecule has 0 N–H and O–H groups in total. The number of aryl methyl sites for hydroxylation is 1. The van der Waals surface area contributed by atoms with Crippen molar-refractivity contribution in [3.63, 3.8) is 0 Å². The van der Waals surface area contributed by atoms with E-state index in [9.17, 15) is 22.4 Å². The van der Waals surface area contributed by atoms with Gasteiger partial charge in [-0.15, -0.1) is 0 Å². The highest BCUT2D eigenvalue weighted by Gasteiger charge is 2.35. The maximum Gasteiger partial charge on any atom is 0.451 e. The standard InChI is InChI=1S/C26H22F4N4O/c1-15-16(2)32-25(26(28,29)30)33-22(15)13-19-10-9-18(12-21(19)27)20-14-31-23(34(3)24(20)35)11-17-7-5-4-6-8-17/h4-10,12,14H,11,13H2,1-3H3. The molecule has 0 aliphatic carbocycles. The van der Waals surface area contributed by atoms with Crippen LogP contribution in [0.5, 0.6) is 0 Å². The van der Waals surface area contributed by atoms with Gasteiger partial charge < -0.3 is 0 Å². The molecule has 2 aromatic heterocycles. The van der Waals surface area contributed by atoms with Gasteiger partial charge in [0, 0.05) is 31.8 Å². The molecule has 4 rings (SSSR count). The van der Waals surface area contributed by atoms with Crippen molar-refractivity contribution < 1.29 is 17.6 Å². The van der Waals surface area contributed by atoms with Gasteiger partial charge in [0.2, 0.25) is 5.82 Å². The summed E-state index contributed by atoms with van der Waals surface area (Å²) >= 11 is 0. The molecule has 0 radical (unpaired) electrons. The zero-order chi connectivity index (χ0) is 25.3. The molecule has 4 aromatic rings. The Kier molecular flexibility index (Phi) is 6.51. The third-order valence-electron chi connectivity index (χ3n) is 5.94. The summed E-state index contributed by atoms with van der Waals surface area (Å²) in [6.07, 6.45) is -2.95. The van der Waals surface area contributed by atoms with Crippen molar-refractivity contribution in [2.45, 2.75) is 32.9 Å². The highest BCUT2D eigenvalue weighted by atomic mass is 19.4. The van der Waals surface area contributed by atoms with E-state index in [4.69, 9.17) is 0 Å². The van der Waals surface area contributed by atoms with Gasteiger partial charge in [0.1, 0.15) is 11.6 Å². The average molecular weight is 482 g/mol. The van der Waals surface area contributed by atoms with Crippen molar-refractivity contribution >= 4 is 0 Å². The molecule has 0 aliphatic heterocycles. The molecule has 180 valence electrons. The maximum absolute atomic E-state index is 15.0. The average Bonchev–Trinajstić information content (AvgIpc) is 2.81. The molecule has 9 heteroatoms. The maximum atomic E-state index is 15.0. The predicted molar refractivity (Wildman–Crippen MR) is 123 cm³/mol. The van der Waals surface area contributed by atoms with Crippen LogP contribution in [0.15, 0.2) is 59.5 Å². The summed E-state index contributed by atoms with van der Waals surface area (Å²) in [7, 11) is 1.61. The van der Waals surface area contributed by atoms with Gasteiger partial charge in [-0.2, -0.15) is 13.2 Å². The summed E-state index contributed by atoms with van der Waals surface area (Å²) in [6, 6.07) is 13.8. The van der Waals surface area contributed by atoms with Gasteiger partial charge in [-0.3, -0.25) is 9.36 Å². The van der Waals surface area contributed by atoms with Crippen molar-refractivity contribution in [3.05, 3.63) is 111 Å². The van der Waals surface area contributed by atoms with Crippen LogP contribution < -0.4 is 5.56 Å². The highest BCUT2D eigenvalue weighted by molar-refractivity contribution is 5.62. The number of halogens is 4. The molecule has 0 aliphatic rings. The fourth-order valence-corrected chi connectivity index (χ4v) is 3.75. The Morgan fingerprint density at radius 2 is 1.69 bits per heavy atom. The number of hydrogen-bond donors (Lipinski definition) is 0. The molecule has 0 amide bonds. The number of aromatic nitrogens is 4. The molecule has 0 atom stereocenters. The van der Waals surface area contributed by atoms with Crippen molar-refractivity contribution in [1.82, 2.24) is 19.5 Å². The SMILES string of the molecule is Cc1nc(C(F)(F)F)nc(Cc2ccc(-c3cnc(Cc4ccccc4)n(C)c3=O)cc2F)c1C. The van der Waals surface area contributed by atoms with Crippen LogP contribution in [0.25, 0.3) is 11.1 Å². The minimum atomic E-state index is -4.70. The van der Waals surface area contributed by atoms with Crippen LogP contribution in [0.2, 0.25) is 0 Å². The Labute approximate surface area is 199 Å². The van der Waals surface area contributed by atoms with E-state index in [-0.39, 0.29) is 34.5 Å². The first-order valence-electron chi connectivity index (χ1n) is 10.8. The first kappa shape index (κ1) is 24.3. The Hall–Kier alpha value is -3.88. The predicted octanol–water partition coefficient (Wildman–Crippen LogP) is 5.19. The van der Waals surface area contributed by atoms with Gasteiger partial charge >= 0.3 is 6.18 Å². The summed E-state index contributed by atoms with van der Waals surface area (Å²) < 4.78 is 55.8. The van der Waals surface area contributed by atoms with Crippen LogP contribution in [-0.4, -0.2) is 19.5 Å². The van der Waals surface area contributed by atoms with E-state index in [2.05, 4.69) is 15.0 Å². The number of hydrogen-bond acceptors (Lipinski definition) is 4. The van der Waals surface area contributed by atoms with Crippen LogP contribution in [0.4, 0.5) is 17.6 Å². The van der Waals surface area contributed by atoms with Crippen molar-refractivity contribution in [2.75, 3.05) is 0 Å². The Morgan fingerprint density at radius 1 is 0.971 bits per heavy atom. The summed E-state index contributed by atoms with van der Waals surface area (Å²) in [5, 5.41) is 0. The second-order valence-electron chi connectivity index (χ2n) is 8.30. The fraction of sp³-hybridized carbons (Fsp3) is 0.231. The minimum Gasteiger partial charge on any atom is -0.299 e. The lowest BCUT2D eigenvalue weighted by molar-refractivity contribution is -0.145. The molecule has 5 nitrogen and oxygen atoms in total. The molecular formula is C26H22F4N4O. The molecule has 0 spiro atoms. The molecule has 0 saturated carbocycles. The van der Waals surface area contributed by atoms with Crippen molar-refractivity contribution in [2.24, 2.45) is 7.05 Å². The first-order chi connectivity index (χ1) is 16.5. The van der Waals surface area contributed by atoms with Crippen LogP contribution >= 0.6 is 0 Å². The van der Waals surface area contributed by atoms with Gasteiger partial charge in [-0.1, -0.05) is 42.5 Å². The molecule has 2 aromatic carbocycles. The van der Waals surface area contributed by atoms with Gasteiger partial charge in [0.15, 0.2) is 0 Å². The molecule has 0 unspecified atom stereocenters. The molecule has 35 heavy (non-hydrogen) atoms. The lowest BCUT2D eigenvalue weighted by Crippen LogP contribution is -2.23. The monoisotopic (exact) mass is 482 g/mol. The second-order valence-corrected chi connectivity index (χ2v) is 8.30. The summed E-state index contributed by atoms with van der Waals surface area (Å²) in [4.78, 5) is 24.5. The summed E-state index contributed by atoms with van der Waals surface area (Å²) in [5.41, 5.74) is 2.14. The third-order valence-corrected chi connectivity index (χ3v) is 5.94. The number of rotatable bonds is 5. The van der Waals surface area contributed by atoms with Gasteiger partial charge in [0.25, 0.3) is 5.56 Å². The van der Waals surface area contributed by atoms with E-state index in [0.29, 0.717) is 23.4 Å². The van der Waals surface area contributed by atoms with Crippen molar-refractivity contribution in [1.29, 1.82) is 0 Å². The smallest absolute Gasteiger partial charge is 0.299 e. The van der Waals surface area contributed by atoms with Crippen LogP contribution in [0, 0.1) is 19.7 Å². The zero-order valence-corrected chi connectivity index (χ0v) is 19.3. The fourth-order valence-electron chi connectivity index (χ4n) is 3.75. The van der Waals surface area contributed by atoms with Gasteiger partial charge in [0.05, 0.1) is 11.3 Å². The highest BCUT2D eigenvalue weighted by Crippen LogP contribution is 2.28. The summed E-state index contributed by atoms with van der Waals surface area (Å²) in [6.45, 7) is 3.06. The quantitative estimate of drug-likeness (QED) is 0.367. The minimum absolute atomic E-state index is 0.0966. The van der Waals surface area contributed by atoms with Crippen LogP contribution in [0.3, 0.4) is 0 Å². The summed E-state index contributed by atoms with van der Waals surface area (Å²) in [5.74, 6) is -1.34. The molecule has 2 heterocycles. The van der Waals surface area contributed by atoms with Crippen molar-refractivity contribution in [3.8, 4) is 11.1 Å². The first-order valence-corrected chi connectivity index (χ1v) is 10.8. The Morgan fingerprint density at radius 3 is 2.34 bits per heavy atom. The van der Waals surface area contributed by atoms with E-state index in [0.717, 1.165) is 5.56 Å². The Bertz CT molecular complexity index is 1450. The number of alkyl halides is 3. The molecular weight excluding hydrogens is 460 g/mol. The van der Waals surface area contributed by atoms with Crippen LogP contribution in [0.1, 0.15) is 39.7 Å². The van der Waals surface area contributed by atoms with E-state index in [1.807, 2.05) is 30.3 Å². The van der Waals surface area contributed by atoms with Crippen LogP contribution in [-0.2, 0) is 26.1 Å². The lowest BCUT2D eigenvalue weighted by atomic mass is 10.0. The normalized spacial score (nSPS) is 11.6. The molecule has 0 fully saturated rings. The molecule has 0 bridgehead atoms. The Balaban J connectivity index is 1.64. The topological polar surface area (TPSA) is 60.7 Å². The van der Waals surface area contributed by atoms with E-state index in [1.54, 1.807) is 20.0 Å².